The molecule has 2 aromatic rings. The Labute approximate surface area is 139 Å². The first-order valence-corrected chi connectivity index (χ1v) is 7.06. The van der Waals surface area contributed by atoms with Crippen LogP contribution in [0.3, 0.4) is 0 Å². The van der Waals surface area contributed by atoms with Gasteiger partial charge in [-0.15, -0.1) is 0 Å². The minimum absolute atomic E-state index is 0.0173. The van der Waals surface area contributed by atoms with Gasteiger partial charge in [-0.2, -0.15) is 22.0 Å². The van der Waals surface area contributed by atoms with Gasteiger partial charge in [0.05, 0.1) is 0 Å². The van der Waals surface area contributed by atoms with E-state index in [9.17, 15) is 32.2 Å². The van der Waals surface area contributed by atoms with Gasteiger partial charge in [-0.3, -0.25) is 0 Å². The first-order chi connectivity index (χ1) is 11.3. The third-order valence-corrected chi connectivity index (χ3v) is 4.18. The molecular formula is C17H14F6O2. The molecule has 0 aromatic heterocycles. The largest absolute Gasteiger partial charge is 0.508 e. The molecule has 0 fully saturated rings. The van der Waals surface area contributed by atoms with Gasteiger partial charge in [0.1, 0.15) is 11.5 Å². The van der Waals surface area contributed by atoms with Gasteiger partial charge in [0, 0.05) is 11.1 Å². The molecule has 1 unspecified atom stereocenters. The maximum absolute atomic E-state index is 15.6. The number of benzene rings is 2. The summed E-state index contributed by atoms with van der Waals surface area (Å²) in [4.78, 5) is 0. The molecule has 2 aromatic carbocycles. The normalized spacial score (nSPS) is 15.0. The first kappa shape index (κ1) is 19.0. The molecule has 136 valence electrons. The van der Waals surface area contributed by atoms with Crippen molar-refractivity contribution in [2.45, 2.75) is 31.6 Å². The molecule has 0 heterocycles. The van der Waals surface area contributed by atoms with Crippen LogP contribution < -0.4 is 0 Å². The number of halogens is 6. The summed E-state index contributed by atoms with van der Waals surface area (Å²) in [6.45, 7) is 2.42. The number of phenolic OH excluding ortho intramolecular Hbond substituents is 2. The van der Waals surface area contributed by atoms with Crippen molar-refractivity contribution < 1.29 is 36.6 Å². The predicted octanol–water partition coefficient (Wildman–Crippen LogP) is 5.13. The zero-order valence-electron chi connectivity index (χ0n) is 13.1. The van der Waals surface area contributed by atoms with E-state index in [2.05, 4.69) is 0 Å². The van der Waals surface area contributed by atoms with E-state index in [0.29, 0.717) is 18.2 Å². The fourth-order valence-corrected chi connectivity index (χ4v) is 2.57. The molecule has 0 radical (unpaired) electrons. The average Bonchev–Trinajstić information content (AvgIpc) is 2.51. The van der Waals surface area contributed by atoms with Crippen LogP contribution in [0.25, 0.3) is 0 Å². The first-order valence-electron chi connectivity index (χ1n) is 7.06. The van der Waals surface area contributed by atoms with E-state index in [1.165, 1.54) is 6.92 Å². The van der Waals surface area contributed by atoms with E-state index in [-0.39, 0.29) is 16.9 Å². The highest BCUT2D eigenvalue weighted by Gasteiger charge is 2.72. The standard InChI is InChI=1S/C17H14F6O2/c1-9-10(2)14(25)8-7-13(9)15(18,16(19,20)17(21,22)23)11-3-5-12(24)6-4-11/h3-8,24-25H,1-2H3. The van der Waals surface area contributed by atoms with Crippen molar-refractivity contribution in [1.29, 1.82) is 0 Å². The van der Waals surface area contributed by atoms with Crippen LogP contribution in [-0.4, -0.2) is 22.3 Å². The van der Waals surface area contributed by atoms with Gasteiger partial charge in [-0.05, 0) is 43.2 Å². The molecule has 2 rings (SSSR count). The van der Waals surface area contributed by atoms with Gasteiger partial charge in [0.2, 0.25) is 5.67 Å². The molecular weight excluding hydrogens is 350 g/mol. The smallest absolute Gasteiger partial charge is 0.457 e. The summed E-state index contributed by atoms with van der Waals surface area (Å²) in [6, 6.07) is 4.52. The van der Waals surface area contributed by atoms with Crippen molar-refractivity contribution in [1.82, 2.24) is 0 Å². The second-order valence-electron chi connectivity index (χ2n) is 5.66. The molecule has 2 nitrogen and oxygen atoms in total. The number of alkyl halides is 6. The van der Waals surface area contributed by atoms with Gasteiger partial charge in [-0.1, -0.05) is 18.2 Å². The summed E-state index contributed by atoms with van der Waals surface area (Å²) in [5, 5.41) is 18.8. The van der Waals surface area contributed by atoms with Gasteiger partial charge < -0.3 is 10.2 Å². The second kappa shape index (κ2) is 5.86. The number of phenols is 2. The molecule has 0 aliphatic rings. The monoisotopic (exact) mass is 364 g/mol. The number of hydrogen-bond donors (Lipinski definition) is 2. The molecule has 0 aliphatic carbocycles. The second-order valence-corrected chi connectivity index (χ2v) is 5.66. The van der Waals surface area contributed by atoms with Crippen molar-refractivity contribution in [3.8, 4) is 11.5 Å². The number of aromatic hydroxyl groups is 2. The summed E-state index contributed by atoms with van der Waals surface area (Å²) in [5.74, 6) is -6.53. The Kier molecular flexibility index (Phi) is 4.44. The Morgan fingerprint density at radius 1 is 0.720 bits per heavy atom. The van der Waals surface area contributed by atoms with Crippen LogP contribution in [0, 0.1) is 13.8 Å². The van der Waals surface area contributed by atoms with Crippen molar-refractivity contribution in [2.24, 2.45) is 0 Å². The van der Waals surface area contributed by atoms with Gasteiger partial charge in [0.25, 0.3) is 0 Å². The SMILES string of the molecule is Cc1c(O)ccc(C(F)(c2ccc(O)cc2)C(F)(F)C(F)(F)F)c1C. The summed E-state index contributed by atoms with van der Waals surface area (Å²) in [6.07, 6.45) is -6.17. The van der Waals surface area contributed by atoms with Crippen LogP contribution in [0.2, 0.25) is 0 Å². The van der Waals surface area contributed by atoms with Crippen molar-refractivity contribution in [2.75, 3.05) is 0 Å². The molecule has 0 saturated heterocycles. The molecule has 0 bridgehead atoms. The molecule has 2 N–H and O–H groups in total. The quantitative estimate of drug-likeness (QED) is 0.742. The van der Waals surface area contributed by atoms with Crippen LogP contribution in [0.1, 0.15) is 22.3 Å². The van der Waals surface area contributed by atoms with E-state index in [1.807, 2.05) is 0 Å². The summed E-state index contributed by atoms with van der Waals surface area (Å²) in [5.41, 5.74) is -6.39. The highest BCUT2D eigenvalue weighted by Crippen LogP contribution is 2.55. The van der Waals surface area contributed by atoms with E-state index in [1.54, 1.807) is 0 Å². The lowest BCUT2D eigenvalue weighted by molar-refractivity contribution is -0.323. The maximum Gasteiger partial charge on any atom is 0.457 e. The average molecular weight is 364 g/mol. The minimum atomic E-state index is -6.17. The Balaban J connectivity index is 2.87. The van der Waals surface area contributed by atoms with Crippen LogP contribution in [0.4, 0.5) is 26.3 Å². The topological polar surface area (TPSA) is 40.5 Å². The maximum atomic E-state index is 15.6. The number of hydrogen-bond acceptors (Lipinski definition) is 2. The van der Waals surface area contributed by atoms with E-state index in [4.69, 9.17) is 0 Å². The molecule has 0 saturated carbocycles. The Morgan fingerprint density at radius 2 is 1.24 bits per heavy atom. The highest BCUT2D eigenvalue weighted by molar-refractivity contribution is 5.51. The summed E-state index contributed by atoms with van der Waals surface area (Å²) < 4.78 is 83.1. The van der Waals surface area contributed by atoms with E-state index < -0.39 is 34.6 Å². The van der Waals surface area contributed by atoms with Crippen LogP contribution >= 0.6 is 0 Å². The zero-order valence-corrected chi connectivity index (χ0v) is 13.1. The van der Waals surface area contributed by atoms with E-state index in [0.717, 1.165) is 25.1 Å². The third-order valence-electron chi connectivity index (χ3n) is 4.18. The Bertz CT molecular complexity index is 783. The zero-order chi connectivity index (χ0) is 19.2. The highest BCUT2D eigenvalue weighted by atomic mass is 19.4. The van der Waals surface area contributed by atoms with Crippen LogP contribution in [0.15, 0.2) is 36.4 Å². The molecule has 0 aliphatic heterocycles. The van der Waals surface area contributed by atoms with Gasteiger partial charge in [-0.25, -0.2) is 4.39 Å². The van der Waals surface area contributed by atoms with Crippen LogP contribution in [0.5, 0.6) is 11.5 Å². The summed E-state index contributed by atoms with van der Waals surface area (Å²) in [7, 11) is 0. The van der Waals surface area contributed by atoms with Gasteiger partial charge >= 0.3 is 12.1 Å². The Morgan fingerprint density at radius 3 is 1.72 bits per heavy atom. The lowest BCUT2D eigenvalue weighted by Gasteiger charge is -2.36. The van der Waals surface area contributed by atoms with E-state index >= 15 is 4.39 Å². The van der Waals surface area contributed by atoms with Crippen LogP contribution in [-0.2, 0) is 5.67 Å². The fourth-order valence-electron chi connectivity index (χ4n) is 2.57. The number of rotatable bonds is 3. The molecule has 8 heteroatoms. The molecule has 25 heavy (non-hydrogen) atoms. The molecule has 0 amide bonds. The molecule has 0 spiro atoms. The van der Waals surface area contributed by atoms with Crippen molar-refractivity contribution >= 4 is 0 Å². The van der Waals surface area contributed by atoms with Gasteiger partial charge in [0.15, 0.2) is 0 Å². The summed E-state index contributed by atoms with van der Waals surface area (Å²) >= 11 is 0. The minimum Gasteiger partial charge on any atom is -0.508 e. The third kappa shape index (κ3) is 2.79. The van der Waals surface area contributed by atoms with Crippen molar-refractivity contribution in [3.05, 3.63) is 58.7 Å². The molecule has 1 atom stereocenters. The lowest BCUT2D eigenvalue weighted by atomic mass is 9.79. The predicted molar refractivity (Wildman–Crippen MR) is 78.6 cm³/mol. The Hall–Kier alpha value is -2.38. The van der Waals surface area contributed by atoms with Crippen molar-refractivity contribution in [3.63, 3.8) is 0 Å². The lowest BCUT2D eigenvalue weighted by Crippen LogP contribution is -2.53. The fraction of sp³-hybridized carbons (Fsp3) is 0.294.